The molecular weight excluding hydrogens is 213 g/mol. The molecule has 0 heterocycles. The Kier molecular flexibility index (Phi) is 3.15. The Morgan fingerprint density at radius 1 is 1.12 bits per heavy atom. The Morgan fingerprint density at radius 3 is 2.35 bits per heavy atom. The molecule has 1 nitrogen and oxygen atoms in total. The Bertz CT molecular complexity index is 365. The predicted molar refractivity (Wildman–Crippen MR) is 67.5 cm³/mol. The first kappa shape index (κ1) is 11.2. The van der Waals surface area contributed by atoms with E-state index >= 15 is 0 Å². The van der Waals surface area contributed by atoms with E-state index in [4.69, 9.17) is 0 Å². The van der Waals surface area contributed by atoms with E-state index in [-0.39, 0.29) is 5.82 Å². The zero-order chi connectivity index (χ0) is 11.7. The topological polar surface area (TPSA) is 12.0 Å². The molecule has 0 spiro atoms. The summed E-state index contributed by atoms with van der Waals surface area (Å²) in [7, 11) is 0. The molecule has 17 heavy (non-hydrogen) atoms. The Labute approximate surface area is 102 Å². The standard InChI is InChI=1S/C15H20FN/c16-13-6-4-12(5-7-13)15(11-2-1-3-11)10-17-14-8-9-14/h4-7,11,14-15,17H,1-3,8-10H2. The van der Waals surface area contributed by atoms with E-state index in [1.807, 2.05) is 12.1 Å². The average molecular weight is 233 g/mol. The van der Waals surface area contributed by atoms with Crippen molar-refractivity contribution in [1.29, 1.82) is 0 Å². The van der Waals surface area contributed by atoms with E-state index < -0.39 is 0 Å². The second-order valence-corrected chi connectivity index (χ2v) is 5.53. The maximum absolute atomic E-state index is 13.0. The van der Waals surface area contributed by atoms with Crippen LogP contribution in [0.15, 0.2) is 24.3 Å². The molecule has 0 aromatic heterocycles. The molecule has 2 aliphatic rings. The van der Waals surface area contributed by atoms with Crippen LogP contribution in [0.1, 0.15) is 43.6 Å². The molecule has 2 heteroatoms. The number of rotatable bonds is 5. The van der Waals surface area contributed by atoms with Crippen LogP contribution in [-0.2, 0) is 0 Å². The van der Waals surface area contributed by atoms with Gasteiger partial charge in [0.2, 0.25) is 0 Å². The van der Waals surface area contributed by atoms with Crippen LogP contribution >= 0.6 is 0 Å². The highest BCUT2D eigenvalue weighted by atomic mass is 19.1. The summed E-state index contributed by atoms with van der Waals surface area (Å²) < 4.78 is 13.0. The predicted octanol–water partition coefficient (Wildman–Crippen LogP) is 3.46. The summed E-state index contributed by atoms with van der Waals surface area (Å²) in [6.45, 7) is 1.07. The van der Waals surface area contributed by atoms with Crippen molar-refractivity contribution in [2.75, 3.05) is 6.54 Å². The third-order valence-corrected chi connectivity index (χ3v) is 4.22. The van der Waals surface area contributed by atoms with Crippen molar-refractivity contribution in [2.45, 2.75) is 44.1 Å². The molecule has 1 N–H and O–H groups in total. The van der Waals surface area contributed by atoms with Gasteiger partial charge in [-0.05, 0) is 55.2 Å². The fourth-order valence-corrected chi connectivity index (χ4v) is 2.69. The second kappa shape index (κ2) is 4.77. The maximum Gasteiger partial charge on any atom is 0.123 e. The summed E-state index contributed by atoms with van der Waals surface area (Å²) in [4.78, 5) is 0. The molecule has 1 aromatic carbocycles. The van der Waals surface area contributed by atoms with Gasteiger partial charge in [-0.3, -0.25) is 0 Å². The van der Waals surface area contributed by atoms with Crippen LogP contribution in [0, 0.1) is 11.7 Å². The molecule has 1 atom stereocenters. The molecule has 2 aliphatic carbocycles. The largest absolute Gasteiger partial charge is 0.313 e. The van der Waals surface area contributed by atoms with Crippen molar-refractivity contribution in [1.82, 2.24) is 5.32 Å². The number of nitrogens with one attached hydrogen (secondary N) is 1. The molecule has 2 saturated carbocycles. The van der Waals surface area contributed by atoms with Crippen molar-refractivity contribution < 1.29 is 4.39 Å². The van der Waals surface area contributed by atoms with Crippen molar-refractivity contribution in [3.05, 3.63) is 35.6 Å². The normalized spacial score (nSPS) is 22.2. The van der Waals surface area contributed by atoms with Crippen LogP contribution in [-0.4, -0.2) is 12.6 Å². The van der Waals surface area contributed by atoms with E-state index in [1.165, 1.54) is 37.7 Å². The van der Waals surface area contributed by atoms with Gasteiger partial charge >= 0.3 is 0 Å². The zero-order valence-electron chi connectivity index (χ0n) is 10.2. The van der Waals surface area contributed by atoms with Crippen molar-refractivity contribution in [2.24, 2.45) is 5.92 Å². The molecule has 92 valence electrons. The molecule has 0 bridgehead atoms. The number of hydrogen-bond acceptors (Lipinski definition) is 1. The average Bonchev–Trinajstić information content (AvgIpc) is 3.06. The van der Waals surface area contributed by atoms with Gasteiger partial charge in [0.25, 0.3) is 0 Å². The lowest BCUT2D eigenvalue weighted by atomic mass is 9.73. The van der Waals surface area contributed by atoms with Crippen LogP contribution < -0.4 is 5.32 Å². The van der Waals surface area contributed by atoms with Gasteiger partial charge in [-0.25, -0.2) is 4.39 Å². The van der Waals surface area contributed by atoms with Gasteiger partial charge in [0.15, 0.2) is 0 Å². The van der Waals surface area contributed by atoms with Crippen LogP contribution in [0.25, 0.3) is 0 Å². The first-order chi connectivity index (χ1) is 8.33. The molecule has 1 aromatic rings. The maximum atomic E-state index is 13.0. The summed E-state index contributed by atoms with van der Waals surface area (Å²) in [5, 5.41) is 3.63. The number of hydrogen-bond donors (Lipinski definition) is 1. The van der Waals surface area contributed by atoms with Gasteiger partial charge in [0, 0.05) is 12.6 Å². The Balaban J connectivity index is 1.69. The minimum atomic E-state index is -0.128. The van der Waals surface area contributed by atoms with Crippen LogP contribution in [0.2, 0.25) is 0 Å². The van der Waals surface area contributed by atoms with Crippen molar-refractivity contribution in [3.8, 4) is 0 Å². The fraction of sp³-hybridized carbons (Fsp3) is 0.600. The first-order valence-corrected chi connectivity index (χ1v) is 6.82. The summed E-state index contributed by atoms with van der Waals surface area (Å²) >= 11 is 0. The van der Waals surface area contributed by atoms with E-state index in [0.29, 0.717) is 5.92 Å². The van der Waals surface area contributed by atoms with Gasteiger partial charge in [0.1, 0.15) is 5.82 Å². The molecule has 1 unspecified atom stereocenters. The lowest BCUT2D eigenvalue weighted by Crippen LogP contribution is -2.31. The Morgan fingerprint density at radius 2 is 1.82 bits per heavy atom. The zero-order valence-corrected chi connectivity index (χ0v) is 10.2. The fourth-order valence-electron chi connectivity index (χ4n) is 2.69. The lowest BCUT2D eigenvalue weighted by molar-refractivity contribution is 0.254. The summed E-state index contributed by atoms with van der Waals surface area (Å²) in [6, 6.07) is 7.88. The molecule has 0 amide bonds. The van der Waals surface area contributed by atoms with E-state index in [0.717, 1.165) is 18.5 Å². The van der Waals surface area contributed by atoms with E-state index in [1.54, 1.807) is 12.1 Å². The lowest BCUT2D eigenvalue weighted by Gasteiger charge is -2.34. The third kappa shape index (κ3) is 2.68. The monoisotopic (exact) mass is 233 g/mol. The van der Waals surface area contributed by atoms with Crippen molar-refractivity contribution in [3.63, 3.8) is 0 Å². The van der Waals surface area contributed by atoms with Crippen LogP contribution in [0.3, 0.4) is 0 Å². The molecule has 0 radical (unpaired) electrons. The SMILES string of the molecule is Fc1ccc(C(CNC2CC2)C2CCC2)cc1. The van der Waals surface area contributed by atoms with Gasteiger partial charge in [-0.2, -0.15) is 0 Å². The minimum absolute atomic E-state index is 0.128. The minimum Gasteiger partial charge on any atom is -0.313 e. The molecule has 0 saturated heterocycles. The Hall–Kier alpha value is -0.890. The smallest absolute Gasteiger partial charge is 0.123 e. The third-order valence-electron chi connectivity index (χ3n) is 4.22. The summed E-state index contributed by atoms with van der Waals surface area (Å²) in [5.41, 5.74) is 1.31. The molecule has 3 rings (SSSR count). The quantitative estimate of drug-likeness (QED) is 0.821. The second-order valence-electron chi connectivity index (χ2n) is 5.53. The summed E-state index contributed by atoms with van der Waals surface area (Å²) in [5.74, 6) is 1.27. The molecule has 0 aliphatic heterocycles. The summed E-state index contributed by atoms with van der Waals surface area (Å²) in [6.07, 6.45) is 6.72. The number of benzene rings is 1. The van der Waals surface area contributed by atoms with E-state index in [2.05, 4.69) is 5.32 Å². The van der Waals surface area contributed by atoms with Crippen LogP contribution in [0.5, 0.6) is 0 Å². The highest BCUT2D eigenvalue weighted by Gasteiger charge is 2.30. The molecular formula is C15H20FN. The van der Waals surface area contributed by atoms with Crippen molar-refractivity contribution >= 4 is 0 Å². The van der Waals surface area contributed by atoms with Gasteiger partial charge in [-0.1, -0.05) is 18.6 Å². The molecule has 2 fully saturated rings. The van der Waals surface area contributed by atoms with Gasteiger partial charge < -0.3 is 5.32 Å². The van der Waals surface area contributed by atoms with Gasteiger partial charge in [-0.15, -0.1) is 0 Å². The first-order valence-electron chi connectivity index (χ1n) is 6.82. The van der Waals surface area contributed by atoms with Crippen LogP contribution in [0.4, 0.5) is 4.39 Å². The number of halogens is 1. The highest BCUT2D eigenvalue weighted by Crippen LogP contribution is 2.39. The highest BCUT2D eigenvalue weighted by molar-refractivity contribution is 5.22. The van der Waals surface area contributed by atoms with E-state index in [9.17, 15) is 4.39 Å². The van der Waals surface area contributed by atoms with Gasteiger partial charge in [0.05, 0.1) is 0 Å².